The Hall–Kier alpha value is -2.93. The van der Waals surface area contributed by atoms with Crippen molar-refractivity contribution in [3.05, 3.63) is 78.0 Å². The van der Waals surface area contributed by atoms with E-state index in [9.17, 15) is 0 Å². The van der Waals surface area contributed by atoms with Crippen LogP contribution in [0.3, 0.4) is 0 Å². The van der Waals surface area contributed by atoms with E-state index in [1.54, 1.807) is 0 Å². The van der Waals surface area contributed by atoms with Gasteiger partial charge in [-0.1, -0.05) is 74.0 Å². The number of hydrogen-bond donors (Lipinski definition) is 0. The van der Waals surface area contributed by atoms with E-state index in [0.29, 0.717) is 5.92 Å². The second-order valence-electron chi connectivity index (χ2n) is 8.09. The smallest absolute Gasteiger partial charge is 0.0792 e. The second-order valence-corrected chi connectivity index (χ2v) is 8.09. The molecule has 132 valence electrons. The zero-order chi connectivity index (χ0) is 18.5. The molecule has 0 aliphatic heterocycles. The Morgan fingerprint density at radius 2 is 1.59 bits per heavy atom. The van der Waals surface area contributed by atoms with Gasteiger partial charge in [0.25, 0.3) is 0 Å². The predicted octanol–water partition coefficient (Wildman–Crippen LogP) is 7.06. The lowest BCUT2D eigenvalue weighted by molar-refractivity contribution is 0.647. The lowest BCUT2D eigenvalue weighted by Gasteiger charge is -2.14. The first-order valence-corrected chi connectivity index (χ1v) is 9.74. The van der Waals surface area contributed by atoms with E-state index in [2.05, 4.69) is 81.4 Å². The van der Waals surface area contributed by atoms with Gasteiger partial charge in [-0.15, -0.1) is 0 Å². The molecule has 1 aromatic heterocycles. The summed E-state index contributed by atoms with van der Waals surface area (Å²) >= 11 is 0. The maximum atomic E-state index is 4.83. The van der Waals surface area contributed by atoms with Gasteiger partial charge in [0.05, 0.1) is 5.69 Å². The fourth-order valence-electron chi connectivity index (χ4n) is 4.39. The molecule has 0 N–H and O–H groups in total. The largest absolute Gasteiger partial charge is 0.256 e. The Balaban J connectivity index is 1.93. The van der Waals surface area contributed by atoms with Gasteiger partial charge in [0.15, 0.2) is 0 Å². The Morgan fingerprint density at radius 3 is 2.44 bits per heavy atom. The van der Waals surface area contributed by atoms with E-state index >= 15 is 0 Å². The quantitative estimate of drug-likeness (QED) is 0.332. The molecule has 0 fully saturated rings. The van der Waals surface area contributed by atoms with Crippen LogP contribution >= 0.6 is 0 Å². The van der Waals surface area contributed by atoms with Crippen molar-refractivity contribution in [3.63, 3.8) is 0 Å². The molecule has 4 aromatic rings. The standard InChI is InChI=1S/C26H23N/c1-16(2)13-18-8-10-22-24(15-18)23-14-17(3)7-9-20(23)21-6-4-5-19-11-12-27-26(22)25(19)21/h4-12,14-16H,13H2,1-3H3. The van der Waals surface area contributed by atoms with Gasteiger partial charge in [0.2, 0.25) is 0 Å². The summed E-state index contributed by atoms with van der Waals surface area (Å²) in [6.45, 7) is 6.73. The van der Waals surface area contributed by atoms with Crippen LogP contribution in [0.2, 0.25) is 0 Å². The van der Waals surface area contributed by atoms with E-state index in [4.69, 9.17) is 4.98 Å². The Bertz CT molecular complexity index is 1180. The Morgan fingerprint density at radius 1 is 0.778 bits per heavy atom. The maximum absolute atomic E-state index is 4.83. The monoisotopic (exact) mass is 349 g/mol. The molecule has 1 aliphatic carbocycles. The molecule has 0 saturated heterocycles. The van der Waals surface area contributed by atoms with Crippen molar-refractivity contribution >= 4 is 10.8 Å². The molecule has 3 aromatic carbocycles. The van der Waals surface area contributed by atoms with Gasteiger partial charge >= 0.3 is 0 Å². The molecule has 0 radical (unpaired) electrons. The molecule has 1 nitrogen and oxygen atoms in total. The number of benzene rings is 3. The van der Waals surface area contributed by atoms with Gasteiger partial charge in [-0.3, -0.25) is 4.98 Å². The van der Waals surface area contributed by atoms with Crippen molar-refractivity contribution < 1.29 is 0 Å². The minimum absolute atomic E-state index is 0.643. The van der Waals surface area contributed by atoms with E-state index in [-0.39, 0.29) is 0 Å². The average Bonchev–Trinajstić information content (AvgIpc) is 2.77. The van der Waals surface area contributed by atoms with Gasteiger partial charge in [-0.25, -0.2) is 0 Å². The van der Waals surface area contributed by atoms with E-state index in [1.165, 1.54) is 49.7 Å². The molecule has 5 rings (SSSR count). The minimum Gasteiger partial charge on any atom is -0.256 e. The van der Waals surface area contributed by atoms with Gasteiger partial charge in [0.1, 0.15) is 0 Å². The van der Waals surface area contributed by atoms with Crippen LogP contribution in [0.5, 0.6) is 0 Å². The SMILES string of the molecule is Cc1ccc2c(c1)-c1cc(CC(C)C)ccc1-c1nccc3cccc-2c13. The molecule has 0 unspecified atom stereocenters. The summed E-state index contributed by atoms with van der Waals surface area (Å²) in [5, 5.41) is 2.52. The molecule has 0 amide bonds. The molecular formula is C26H23N. The Kier molecular flexibility index (Phi) is 3.65. The Labute approximate surface area is 160 Å². The van der Waals surface area contributed by atoms with Crippen molar-refractivity contribution in [1.82, 2.24) is 4.98 Å². The number of aryl methyl sites for hydroxylation is 1. The summed E-state index contributed by atoms with van der Waals surface area (Å²) in [6.07, 6.45) is 3.04. The highest BCUT2D eigenvalue weighted by Gasteiger charge is 2.22. The molecular weight excluding hydrogens is 326 g/mol. The molecule has 0 spiro atoms. The number of hydrogen-bond acceptors (Lipinski definition) is 1. The summed E-state index contributed by atoms with van der Waals surface area (Å²) in [5.41, 5.74) is 10.2. The summed E-state index contributed by atoms with van der Waals surface area (Å²) in [6, 6.07) is 22.5. The first-order valence-electron chi connectivity index (χ1n) is 9.74. The van der Waals surface area contributed by atoms with Crippen LogP contribution in [0.25, 0.3) is 44.3 Å². The number of aromatic nitrogens is 1. The topological polar surface area (TPSA) is 12.9 Å². The summed E-state index contributed by atoms with van der Waals surface area (Å²) in [7, 11) is 0. The molecule has 27 heavy (non-hydrogen) atoms. The summed E-state index contributed by atoms with van der Waals surface area (Å²) in [5.74, 6) is 0.643. The van der Waals surface area contributed by atoms with Crippen LogP contribution < -0.4 is 0 Å². The van der Waals surface area contributed by atoms with Crippen molar-refractivity contribution in [1.29, 1.82) is 0 Å². The van der Waals surface area contributed by atoms with Crippen LogP contribution in [0.1, 0.15) is 25.0 Å². The fraction of sp³-hybridized carbons (Fsp3) is 0.192. The normalized spacial score (nSPS) is 12.0. The molecule has 0 atom stereocenters. The lowest BCUT2D eigenvalue weighted by Crippen LogP contribution is -1.96. The summed E-state index contributed by atoms with van der Waals surface area (Å²) < 4.78 is 0. The molecule has 0 bridgehead atoms. The molecule has 1 heterocycles. The van der Waals surface area contributed by atoms with Crippen molar-refractivity contribution in [3.8, 4) is 33.5 Å². The van der Waals surface area contributed by atoms with Crippen molar-refractivity contribution in [2.24, 2.45) is 5.92 Å². The van der Waals surface area contributed by atoms with Crippen LogP contribution in [0.15, 0.2) is 66.9 Å². The number of fused-ring (bicyclic) bond motifs is 5. The molecule has 1 heteroatoms. The zero-order valence-corrected chi connectivity index (χ0v) is 16.1. The van der Waals surface area contributed by atoms with Gasteiger partial charge in [-0.2, -0.15) is 0 Å². The maximum Gasteiger partial charge on any atom is 0.0792 e. The molecule has 1 aliphatic rings. The first kappa shape index (κ1) is 16.3. The number of rotatable bonds is 2. The average molecular weight is 349 g/mol. The van der Waals surface area contributed by atoms with Crippen LogP contribution in [-0.4, -0.2) is 4.98 Å². The highest BCUT2D eigenvalue weighted by Crippen LogP contribution is 2.47. The third kappa shape index (κ3) is 2.57. The third-order valence-corrected chi connectivity index (χ3v) is 5.53. The lowest BCUT2D eigenvalue weighted by atomic mass is 9.90. The van der Waals surface area contributed by atoms with Crippen LogP contribution in [0, 0.1) is 12.8 Å². The van der Waals surface area contributed by atoms with Gasteiger partial charge in [-0.05, 0) is 58.5 Å². The number of nitrogens with zero attached hydrogens (tertiary/aromatic N) is 1. The van der Waals surface area contributed by atoms with Crippen molar-refractivity contribution in [2.75, 3.05) is 0 Å². The van der Waals surface area contributed by atoms with E-state index in [0.717, 1.165) is 12.1 Å². The second kappa shape index (κ2) is 6.06. The zero-order valence-electron chi connectivity index (χ0n) is 16.1. The fourth-order valence-corrected chi connectivity index (χ4v) is 4.39. The predicted molar refractivity (Wildman–Crippen MR) is 115 cm³/mol. The number of pyridine rings is 1. The van der Waals surface area contributed by atoms with Crippen LogP contribution in [-0.2, 0) is 6.42 Å². The molecule has 0 saturated carbocycles. The highest BCUT2D eigenvalue weighted by atomic mass is 14.7. The van der Waals surface area contributed by atoms with Gasteiger partial charge < -0.3 is 0 Å². The third-order valence-electron chi connectivity index (χ3n) is 5.53. The minimum atomic E-state index is 0.643. The summed E-state index contributed by atoms with van der Waals surface area (Å²) in [4.78, 5) is 4.83. The highest BCUT2D eigenvalue weighted by molar-refractivity contribution is 6.12. The first-order chi connectivity index (χ1) is 13.1. The van der Waals surface area contributed by atoms with E-state index < -0.39 is 0 Å². The van der Waals surface area contributed by atoms with E-state index in [1.807, 2.05) is 6.20 Å². The van der Waals surface area contributed by atoms with Crippen LogP contribution in [0.4, 0.5) is 0 Å². The van der Waals surface area contributed by atoms with Gasteiger partial charge in [0, 0.05) is 17.1 Å². The van der Waals surface area contributed by atoms with Crippen molar-refractivity contribution in [2.45, 2.75) is 27.2 Å².